The Hall–Kier alpha value is -0.590. The van der Waals surface area contributed by atoms with Crippen LogP contribution in [0.5, 0.6) is 5.75 Å². The topological polar surface area (TPSA) is 76.0 Å². The van der Waals surface area contributed by atoms with Crippen molar-refractivity contribution < 1.29 is 54.0 Å². The quantitative estimate of drug-likeness (QED) is 0.434. The molecule has 1 aromatic rings. The third-order valence-electron chi connectivity index (χ3n) is 3.00. The van der Waals surface area contributed by atoms with Crippen LogP contribution in [0.3, 0.4) is 0 Å². The number of rotatable bonds is 11. The fourth-order valence-electron chi connectivity index (χ4n) is 1.85. The molecule has 0 aromatic heterocycles. The van der Waals surface area contributed by atoms with Gasteiger partial charge in [-0.15, -0.1) is 0 Å². The van der Waals surface area contributed by atoms with E-state index >= 15 is 0 Å². The molecule has 1 unspecified atom stereocenters. The largest absolute Gasteiger partial charge is 1.00 e. The van der Waals surface area contributed by atoms with Crippen molar-refractivity contribution in [3.8, 4) is 5.75 Å². The van der Waals surface area contributed by atoms with E-state index in [4.69, 9.17) is 14.6 Å². The summed E-state index contributed by atoms with van der Waals surface area (Å²) in [6.45, 7) is 2.99. The van der Waals surface area contributed by atoms with E-state index in [2.05, 4.69) is 6.92 Å². The average molecular weight is 319 g/mol. The molecule has 0 amide bonds. The molecule has 0 saturated heterocycles. The number of benzene rings is 1. The Morgan fingerprint density at radius 3 is 2.59 bits per heavy atom. The summed E-state index contributed by atoms with van der Waals surface area (Å²) in [5, 5.41) is 18.8. The first-order valence-corrected chi connectivity index (χ1v) is 7.36. The molecule has 1 rings (SSSR count). The number of carboxylic acid groups (broad SMARTS) is 1. The van der Waals surface area contributed by atoms with Gasteiger partial charge < -0.3 is 19.7 Å². The monoisotopic (exact) mass is 319 g/mol. The summed E-state index contributed by atoms with van der Waals surface area (Å²) in [5.74, 6) is -0.792. The summed E-state index contributed by atoms with van der Waals surface area (Å²) in [5.41, 5.74) is 0.0881. The fraction of sp³-hybridized carbons (Fsp3) is 0.562. The number of aromatic carboxylic acids is 1. The summed E-state index contributed by atoms with van der Waals surface area (Å²) in [6.07, 6.45) is 3.73. The maximum Gasteiger partial charge on any atom is 1.00 e. The van der Waals surface area contributed by atoms with Crippen molar-refractivity contribution >= 4 is 5.97 Å². The minimum atomic E-state index is -1.05. The smallest absolute Gasteiger partial charge is 0.490 e. The van der Waals surface area contributed by atoms with Gasteiger partial charge in [0.2, 0.25) is 0 Å². The minimum Gasteiger partial charge on any atom is -0.490 e. The minimum absolute atomic E-state index is 0. The SMILES string of the molecule is CCCCCCOCC(O)COc1ccccc1C(=O)O.[Na+]. The van der Waals surface area contributed by atoms with Crippen molar-refractivity contribution in [2.75, 3.05) is 19.8 Å². The van der Waals surface area contributed by atoms with E-state index in [0.29, 0.717) is 6.61 Å². The van der Waals surface area contributed by atoms with Gasteiger partial charge in [0, 0.05) is 6.61 Å². The van der Waals surface area contributed by atoms with Crippen molar-refractivity contribution in [3.05, 3.63) is 29.8 Å². The molecule has 0 fully saturated rings. The van der Waals surface area contributed by atoms with Crippen molar-refractivity contribution in [1.82, 2.24) is 0 Å². The van der Waals surface area contributed by atoms with Gasteiger partial charge in [-0.3, -0.25) is 0 Å². The Morgan fingerprint density at radius 2 is 1.91 bits per heavy atom. The number of unbranched alkanes of at least 4 members (excludes halogenated alkanes) is 3. The molecule has 118 valence electrons. The van der Waals surface area contributed by atoms with Crippen LogP contribution in [0.4, 0.5) is 0 Å². The van der Waals surface area contributed by atoms with Crippen LogP contribution in [0.2, 0.25) is 0 Å². The van der Waals surface area contributed by atoms with Crippen molar-refractivity contribution in [2.24, 2.45) is 0 Å². The Kier molecular flexibility index (Phi) is 12.6. The van der Waals surface area contributed by atoms with E-state index < -0.39 is 12.1 Å². The average Bonchev–Trinajstić information content (AvgIpc) is 2.49. The molecular formula is C16H24NaO5+. The standard InChI is InChI=1S/C16H24O5.Na/c1-2-3-4-7-10-20-11-13(17)12-21-15-9-6-5-8-14(15)16(18)19;/h5-6,8-9,13,17H,2-4,7,10-12H2,1H3,(H,18,19);/q;+1. The van der Waals surface area contributed by atoms with Crippen molar-refractivity contribution in [1.29, 1.82) is 0 Å². The van der Waals surface area contributed by atoms with Crippen LogP contribution < -0.4 is 34.3 Å². The number of hydrogen-bond acceptors (Lipinski definition) is 4. The zero-order chi connectivity index (χ0) is 15.5. The van der Waals surface area contributed by atoms with E-state index in [1.54, 1.807) is 18.2 Å². The molecule has 0 saturated carbocycles. The Bertz CT molecular complexity index is 425. The molecule has 2 N–H and O–H groups in total. The van der Waals surface area contributed by atoms with Crippen molar-refractivity contribution in [3.63, 3.8) is 0 Å². The summed E-state index contributed by atoms with van der Waals surface area (Å²) in [7, 11) is 0. The molecule has 0 aliphatic carbocycles. The Balaban J connectivity index is 0.00000441. The molecule has 22 heavy (non-hydrogen) atoms. The second kappa shape index (κ2) is 12.9. The molecule has 0 heterocycles. The maximum absolute atomic E-state index is 11.0. The molecule has 0 aliphatic rings. The Morgan fingerprint density at radius 1 is 1.18 bits per heavy atom. The van der Waals surface area contributed by atoms with Crippen LogP contribution in [0.25, 0.3) is 0 Å². The molecule has 0 radical (unpaired) electrons. The number of aliphatic hydroxyl groups excluding tert-OH is 1. The number of para-hydroxylation sites is 1. The first-order valence-electron chi connectivity index (χ1n) is 7.36. The van der Waals surface area contributed by atoms with Gasteiger partial charge in [0.25, 0.3) is 0 Å². The third kappa shape index (κ3) is 8.76. The van der Waals surface area contributed by atoms with Crippen LogP contribution >= 0.6 is 0 Å². The second-order valence-electron chi connectivity index (χ2n) is 4.90. The molecule has 1 atom stereocenters. The Labute approximate surface area is 153 Å². The number of ether oxygens (including phenoxy) is 2. The summed E-state index contributed by atoms with van der Waals surface area (Å²) < 4.78 is 10.7. The van der Waals surface area contributed by atoms with E-state index in [1.165, 1.54) is 18.9 Å². The fourth-order valence-corrected chi connectivity index (χ4v) is 1.85. The van der Waals surface area contributed by atoms with Crippen LogP contribution in [-0.4, -0.2) is 42.1 Å². The molecule has 0 spiro atoms. The van der Waals surface area contributed by atoms with Crippen LogP contribution in [0.15, 0.2) is 24.3 Å². The van der Waals surface area contributed by atoms with E-state index in [1.807, 2.05) is 0 Å². The molecule has 0 bridgehead atoms. The number of carbonyl (C=O) groups is 1. The van der Waals surface area contributed by atoms with Gasteiger partial charge in [0.05, 0.1) is 6.61 Å². The van der Waals surface area contributed by atoms with Gasteiger partial charge in [-0.25, -0.2) is 4.79 Å². The normalized spacial score (nSPS) is 11.5. The van der Waals surface area contributed by atoms with Crippen LogP contribution in [-0.2, 0) is 4.74 Å². The molecule has 5 nitrogen and oxygen atoms in total. The first-order chi connectivity index (χ1) is 10.1. The predicted molar refractivity (Wildman–Crippen MR) is 79.9 cm³/mol. The van der Waals surface area contributed by atoms with Crippen LogP contribution in [0, 0.1) is 0 Å². The maximum atomic E-state index is 11.0. The molecule has 1 aromatic carbocycles. The number of carboxylic acids is 1. The molecular weight excluding hydrogens is 295 g/mol. The van der Waals surface area contributed by atoms with Gasteiger partial charge in [-0.1, -0.05) is 38.3 Å². The first kappa shape index (κ1) is 21.4. The number of aliphatic hydroxyl groups is 1. The zero-order valence-electron chi connectivity index (χ0n) is 13.5. The summed E-state index contributed by atoms with van der Waals surface area (Å²) in [6, 6.07) is 6.36. The third-order valence-corrected chi connectivity index (χ3v) is 3.00. The van der Waals surface area contributed by atoms with Gasteiger partial charge in [-0.05, 0) is 18.6 Å². The second-order valence-corrected chi connectivity index (χ2v) is 4.90. The van der Waals surface area contributed by atoms with Gasteiger partial charge >= 0.3 is 35.5 Å². The predicted octanol–water partition coefficient (Wildman–Crippen LogP) is -0.275. The van der Waals surface area contributed by atoms with Gasteiger partial charge in [-0.2, -0.15) is 0 Å². The van der Waals surface area contributed by atoms with E-state index in [9.17, 15) is 9.90 Å². The molecule has 0 aliphatic heterocycles. The van der Waals surface area contributed by atoms with Gasteiger partial charge in [0.15, 0.2) is 0 Å². The van der Waals surface area contributed by atoms with Crippen LogP contribution in [0.1, 0.15) is 43.0 Å². The zero-order valence-corrected chi connectivity index (χ0v) is 15.5. The number of hydrogen-bond donors (Lipinski definition) is 2. The van der Waals surface area contributed by atoms with E-state index in [-0.39, 0.29) is 54.1 Å². The molecule has 6 heteroatoms. The van der Waals surface area contributed by atoms with Gasteiger partial charge in [0.1, 0.15) is 24.0 Å². The summed E-state index contributed by atoms with van der Waals surface area (Å²) >= 11 is 0. The summed E-state index contributed by atoms with van der Waals surface area (Å²) in [4.78, 5) is 11.0. The van der Waals surface area contributed by atoms with E-state index in [0.717, 1.165) is 12.8 Å². The van der Waals surface area contributed by atoms with Crippen molar-refractivity contribution in [2.45, 2.75) is 38.7 Å².